The van der Waals surface area contributed by atoms with Gasteiger partial charge in [0.25, 0.3) is 5.91 Å². The molecule has 31 heavy (non-hydrogen) atoms. The number of hydrogen-bond donors (Lipinski definition) is 3. The van der Waals surface area contributed by atoms with Gasteiger partial charge in [-0.2, -0.15) is 0 Å². The summed E-state index contributed by atoms with van der Waals surface area (Å²) in [6.45, 7) is 13.8. The summed E-state index contributed by atoms with van der Waals surface area (Å²) in [7, 11) is 0. The van der Waals surface area contributed by atoms with Crippen LogP contribution in [0.25, 0.3) is 0 Å². The van der Waals surface area contributed by atoms with Crippen molar-refractivity contribution in [1.29, 1.82) is 0 Å². The summed E-state index contributed by atoms with van der Waals surface area (Å²) in [6, 6.07) is 3.63. The zero-order valence-corrected chi connectivity index (χ0v) is 19.7. The van der Waals surface area contributed by atoms with E-state index in [1.54, 1.807) is 6.07 Å². The molecule has 172 valence electrons. The standard InChI is InChI=1S/C24H37N3O4/c1-13(2)10-17-12-31-19-11-16(7)8-9-18(19)22(28)26-21(15(5)6)24(30)27-20(14(3)4)23(29)25-17/h8-9,11,13-15,17,20-21H,10,12H2,1-7H3,(H,25,29)(H,26,28)(H,27,30)/t17-,20-,21-/m1/s1. The first-order chi connectivity index (χ1) is 14.5. The fraction of sp³-hybridized carbons (Fsp3) is 0.625. The number of rotatable bonds is 4. The van der Waals surface area contributed by atoms with Gasteiger partial charge < -0.3 is 20.7 Å². The lowest BCUT2D eigenvalue weighted by molar-refractivity contribution is -0.132. The van der Waals surface area contributed by atoms with E-state index in [0.29, 0.717) is 23.7 Å². The summed E-state index contributed by atoms with van der Waals surface area (Å²) in [6.07, 6.45) is 0.715. The highest BCUT2D eigenvalue weighted by molar-refractivity contribution is 6.00. The molecule has 7 heteroatoms. The first-order valence-corrected chi connectivity index (χ1v) is 11.1. The fourth-order valence-electron chi connectivity index (χ4n) is 3.69. The molecule has 0 spiro atoms. The molecule has 1 aromatic carbocycles. The normalized spacial score (nSPS) is 23.2. The van der Waals surface area contributed by atoms with Crippen molar-refractivity contribution < 1.29 is 19.1 Å². The monoisotopic (exact) mass is 431 g/mol. The van der Waals surface area contributed by atoms with Gasteiger partial charge in [-0.1, -0.05) is 47.6 Å². The molecule has 0 unspecified atom stereocenters. The van der Waals surface area contributed by atoms with Crippen LogP contribution >= 0.6 is 0 Å². The van der Waals surface area contributed by atoms with Crippen molar-refractivity contribution in [1.82, 2.24) is 16.0 Å². The van der Waals surface area contributed by atoms with E-state index in [4.69, 9.17) is 4.74 Å². The van der Waals surface area contributed by atoms with Crippen LogP contribution in [0.3, 0.4) is 0 Å². The summed E-state index contributed by atoms with van der Waals surface area (Å²) in [4.78, 5) is 39.2. The summed E-state index contributed by atoms with van der Waals surface area (Å²) in [5.74, 6) is -0.470. The van der Waals surface area contributed by atoms with Gasteiger partial charge in [0.15, 0.2) is 0 Å². The molecular formula is C24H37N3O4. The van der Waals surface area contributed by atoms with Gasteiger partial charge in [-0.05, 0) is 48.8 Å². The number of carbonyl (C=O) groups is 3. The van der Waals surface area contributed by atoms with E-state index in [0.717, 1.165) is 5.56 Å². The molecule has 3 amide bonds. The van der Waals surface area contributed by atoms with Crippen molar-refractivity contribution >= 4 is 17.7 Å². The minimum absolute atomic E-state index is 0.113. The van der Waals surface area contributed by atoms with E-state index in [1.807, 2.05) is 46.8 Å². The number of nitrogens with one attached hydrogen (secondary N) is 3. The lowest BCUT2D eigenvalue weighted by Crippen LogP contribution is -2.58. The van der Waals surface area contributed by atoms with Crippen LogP contribution in [0.5, 0.6) is 5.75 Å². The second-order valence-corrected chi connectivity index (χ2v) is 9.57. The molecule has 0 saturated heterocycles. The SMILES string of the molecule is Cc1ccc2c(c1)OC[C@@H](CC(C)C)NC(=O)[C@@H](C(C)C)NC(=O)[C@@H](C(C)C)NC2=O. The number of aryl methyl sites for hydroxylation is 1. The number of fused-ring (bicyclic) bond motifs is 1. The highest BCUT2D eigenvalue weighted by Crippen LogP contribution is 2.22. The maximum absolute atomic E-state index is 13.1. The van der Waals surface area contributed by atoms with Crippen LogP contribution in [-0.4, -0.2) is 42.5 Å². The summed E-state index contributed by atoms with van der Waals surface area (Å²) in [5.41, 5.74) is 1.33. The molecule has 3 atom stereocenters. The number of ether oxygens (including phenoxy) is 1. The molecule has 0 aromatic heterocycles. The lowest BCUT2D eigenvalue weighted by atomic mass is 9.98. The molecular weight excluding hydrogens is 394 g/mol. The topological polar surface area (TPSA) is 96.5 Å². The van der Waals surface area contributed by atoms with Gasteiger partial charge in [-0.25, -0.2) is 0 Å². The van der Waals surface area contributed by atoms with Crippen molar-refractivity contribution in [2.45, 2.75) is 73.0 Å². The maximum Gasteiger partial charge on any atom is 0.255 e. The molecule has 0 radical (unpaired) electrons. The second kappa shape index (κ2) is 10.6. The molecule has 1 heterocycles. The minimum Gasteiger partial charge on any atom is -0.491 e. The Bertz CT molecular complexity index is 804. The Hall–Kier alpha value is -2.57. The Morgan fingerprint density at radius 3 is 2.06 bits per heavy atom. The van der Waals surface area contributed by atoms with Crippen molar-refractivity contribution in [3.05, 3.63) is 29.3 Å². The smallest absolute Gasteiger partial charge is 0.255 e. The fourth-order valence-corrected chi connectivity index (χ4v) is 3.69. The molecule has 0 saturated carbocycles. The zero-order valence-electron chi connectivity index (χ0n) is 19.7. The maximum atomic E-state index is 13.1. The Labute approximate surface area is 185 Å². The summed E-state index contributed by atoms with van der Waals surface area (Å²) >= 11 is 0. The molecule has 1 aromatic rings. The number of benzene rings is 1. The van der Waals surface area contributed by atoms with Crippen molar-refractivity contribution in [3.8, 4) is 5.75 Å². The van der Waals surface area contributed by atoms with E-state index in [2.05, 4.69) is 29.8 Å². The van der Waals surface area contributed by atoms with Crippen molar-refractivity contribution in [3.63, 3.8) is 0 Å². The van der Waals surface area contributed by atoms with Crippen LogP contribution in [0, 0.1) is 24.7 Å². The van der Waals surface area contributed by atoms with Gasteiger partial charge in [0.1, 0.15) is 24.4 Å². The minimum atomic E-state index is -0.775. The molecule has 3 N–H and O–H groups in total. The lowest BCUT2D eigenvalue weighted by Gasteiger charge is -2.28. The first kappa shape index (κ1) is 24.7. The molecule has 1 aliphatic rings. The van der Waals surface area contributed by atoms with Crippen LogP contribution in [0.1, 0.15) is 63.9 Å². The van der Waals surface area contributed by atoms with Crippen LogP contribution in [0.4, 0.5) is 0 Å². The van der Waals surface area contributed by atoms with Gasteiger partial charge in [0, 0.05) is 0 Å². The van der Waals surface area contributed by atoms with E-state index in [9.17, 15) is 14.4 Å². The van der Waals surface area contributed by atoms with Crippen molar-refractivity contribution in [2.24, 2.45) is 17.8 Å². The molecule has 0 fully saturated rings. The van der Waals surface area contributed by atoms with E-state index >= 15 is 0 Å². The summed E-state index contributed by atoms with van der Waals surface area (Å²) in [5, 5.41) is 8.75. The quantitative estimate of drug-likeness (QED) is 0.683. The molecule has 0 bridgehead atoms. The molecule has 1 aliphatic heterocycles. The third kappa shape index (κ3) is 6.71. The summed E-state index contributed by atoms with van der Waals surface area (Å²) < 4.78 is 6.05. The third-order valence-corrected chi connectivity index (χ3v) is 5.41. The average molecular weight is 432 g/mol. The van der Waals surface area contributed by atoms with E-state index in [-0.39, 0.29) is 42.2 Å². The van der Waals surface area contributed by atoms with Gasteiger partial charge in [-0.15, -0.1) is 0 Å². The Kier molecular flexibility index (Phi) is 8.48. The van der Waals surface area contributed by atoms with Crippen LogP contribution in [0.15, 0.2) is 18.2 Å². The Morgan fingerprint density at radius 2 is 1.48 bits per heavy atom. The van der Waals surface area contributed by atoms with Crippen LogP contribution in [0.2, 0.25) is 0 Å². The van der Waals surface area contributed by atoms with Gasteiger partial charge >= 0.3 is 0 Å². The predicted molar refractivity (Wildman–Crippen MR) is 121 cm³/mol. The third-order valence-electron chi connectivity index (χ3n) is 5.41. The largest absolute Gasteiger partial charge is 0.491 e. The van der Waals surface area contributed by atoms with Crippen LogP contribution < -0.4 is 20.7 Å². The zero-order chi connectivity index (χ0) is 23.3. The molecule has 0 aliphatic carbocycles. The van der Waals surface area contributed by atoms with E-state index < -0.39 is 12.1 Å². The number of amides is 3. The van der Waals surface area contributed by atoms with E-state index in [1.165, 1.54) is 0 Å². The molecule has 2 rings (SSSR count). The average Bonchev–Trinajstić information content (AvgIpc) is 2.66. The predicted octanol–water partition coefficient (Wildman–Crippen LogP) is 2.81. The van der Waals surface area contributed by atoms with Gasteiger partial charge in [0.05, 0.1) is 11.6 Å². The number of carbonyl (C=O) groups excluding carboxylic acids is 3. The number of hydrogen-bond acceptors (Lipinski definition) is 4. The van der Waals surface area contributed by atoms with Gasteiger partial charge in [0.2, 0.25) is 11.8 Å². The van der Waals surface area contributed by atoms with Crippen LogP contribution in [-0.2, 0) is 9.59 Å². The molecule has 7 nitrogen and oxygen atoms in total. The first-order valence-electron chi connectivity index (χ1n) is 11.1. The van der Waals surface area contributed by atoms with Crippen molar-refractivity contribution in [2.75, 3.05) is 6.61 Å². The Balaban J connectivity index is 2.48. The highest BCUT2D eigenvalue weighted by Gasteiger charge is 2.32. The Morgan fingerprint density at radius 1 is 0.903 bits per heavy atom. The highest BCUT2D eigenvalue weighted by atomic mass is 16.5. The second-order valence-electron chi connectivity index (χ2n) is 9.57. The van der Waals surface area contributed by atoms with Gasteiger partial charge in [-0.3, -0.25) is 14.4 Å².